The molecular weight excluding hydrogens is 472 g/mol. The highest BCUT2D eigenvalue weighted by molar-refractivity contribution is 8.18. The monoisotopic (exact) mass is 498 g/mol. The zero-order valence-corrected chi connectivity index (χ0v) is 20.4. The molecule has 0 saturated carbocycles. The number of ether oxygens (including phenoxy) is 2. The lowest BCUT2D eigenvalue weighted by molar-refractivity contribution is -0.123. The van der Waals surface area contributed by atoms with E-state index in [0.29, 0.717) is 59.5 Å². The van der Waals surface area contributed by atoms with Crippen LogP contribution in [0.3, 0.4) is 0 Å². The minimum atomic E-state index is -0.921. The van der Waals surface area contributed by atoms with E-state index in [2.05, 4.69) is 9.97 Å². The topological polar surface area (TPSA) is 122 Å². The summed E-state index contributed by atoms with van der Waals surface area (Å²) in [6.45, 7) is 6.22. The Labute approximate surface area is 206 Å². The van der Waals surface area contributed by atoms with Gasteiger partial charge >= 0.3 is 6.09 Å². The lowest BCUT2D eigenvalue weighted by atomic mass is 10.1. The molecule has 1 aromatic carbocycles. The molecule has 1 N–H and O–H groups in total. The van der Waals surface area contributed by atoms with E-state index in [1.165, 1.54) is 16.1 Å². The molecule has 0 bridgehead atoms. The van der Waals surface area contributed by atoms with Gasteiger partial charge in [0.25, 0.3) is 11.1 Å². The molecule has 4 rings (SSSR count). The Hall–Kier alpha value is -3.60. The van der Waals surface area contributed by atoms with E-state index in [4.69, 9.17) is 14.6 Å². The molecule has 35 heavy (non-hydrogen) atoms. The Morgan fingerprint density at radius 2 is 1.91 bits per heavy atom. The van der Waals surface area contributed by atoms with Crippen LogP contribution < -0.4 is 9.47 Å². The third-order valence-electron chi connectivity index (χ3n) is 5.69. The number of carboxylic acid groups (broad SMARTS) is 1. The number of benzene rings is 1. The number of rotatable bonds is 6. The molecule has 2 aromatic rings. The minimum absolute atomic E-state index is 0.142. The van der Waals surface area contributed by atoms with E-state index in [1.54, 1.807) is 45.0 Å². The van der Waals surface area contributed by atoms with E-state index in [1.807, 2.05) is 6.07 Å². The van der Waals surface area contributed by atoms with Gasteiger partial charge in [-0.05, 0) is 56.3 Å². The molecule has 11 heteroatoms. The number of nitrogens with zero attached hydrogens (tertiary/aromatic N) is 4. The highest BCUT2D eigenvalue weighted by Crippen LogP contribution is 2.34. The van der Waals surface area contributed by atoms with Gasteiger partial charge in [-0.2, -0.15) is 0 Å². The first-order chi connectivity index (χ1) is 16.7. The van der Waals surface area contributed by atoms with Crippen LogP contribution in [0, 0.1) is 6.92 Å². The molecule has 3 heterocycles. The van der Waals surface area contributed by atoms with E-state index in [9.17, 15) is 14.4 Å². The fraction of sp³-hybridized carbons (Fsp3) is 0.375. The van der Waals surface area contributed by atoms with Crippen LogP contribution in [0.4, 0.5) is 9.59 Å². The van der Waals surface area contributed by atoms with Crippen LogP contribution in [0.2, 0.25) is 0 Å². The van der Waals surface area contributed by atoms with Crippen molar-refractivity contribution in [3.63, 3.8) is 0 Å². The zero-order chi connectivity index (χ0) is 25.1. The van der Waals surface area contributed by atoms with Crippen molar-refractivity contribution in [1.29, 1.82) is 0 Å². The Kier molecular flexibility index (Phi) is 7.25. The molecule has 2 fully saturated rings. The third kappa shape index (κ3) is 5.56. The maximum Gasteiger partial charge on any atom is 0.407 e. The number of imide groups is 1. The molecule has 1 aromatic heterocycles. The fourth-order valence-electron chi connectivity index (χ4n) is 3.82. The van der Waals surface area contributed by atoms with Crippen molar-refractivity contribution in [2.24, 2.45) is 0 Å². The number of hydrogen-bond donors (Lipinski definition) is 1. The van der Waals surface area contributed by atoms with Crippen molar-refractivity contribution in [3.05, 3.63) is 46.6 Å². The SMILES string of the molecule is Cc1c(Oc2cccc(C=C3SC(=O)N(C(C)C)C3=O)c2)ncnc1OC1CCN(C(=O)O)CC1. The van der Waals surface area contributed by atoms with Gasteiger partial charge in [-0.1, -0.05) is 12.1 Å². The predicted octanol–water partition coefficient (Wildman–Crippen LogP) is 4.54. The van der Waals surface area contributed by atoms with Crippen LogP contribution in [0.25, 0.3) is 6.08 Å². The Balaban J connectivity index is 1.46. The molecule has 0 aliphatic carbocycles. The third-order valence-corrected chi connectivity index (χ3v) is 6.58. The number of aromatic nitrogens is 2. The second-order valence-corrected chi connectivity index (χ2v) is 9.51. The minimum Gasteiger partial charge on any atom is -0.474 e. The first kappa shape index (κ1) is 24.5. The van der Waals surface area contributed by atoms with Crippen LogP contribution in [0.1, 0.15) is 37.8 Å². The van der Waals surface area contributed by atoms with Crippen LogP contribution in [0.15, 0.2) is 35.5 Å². The number of thioether (sulfide) groups is 1. The van der Waals surface area contributed by atoms with Crippen molar-refractivity contribution in [3.8, 4) is 17.5 Å². The zero-order valence-electron chi connectivity index (χ0n) is 19.6. The Bertz CT molecular complexity index is 1180. The van der Waals surface area contributed by atoms with Gasteiger partial charge in [0, 0.05) is 32.0 Å². The Morgan fingerprint density at radius 3 is 2.57 bits per heavy atom. The van der Waals surface area contributed by atoms with Gasteiger partial charge in [-0.25, -0.2) is 14.8 Å². The summed E-state index contributed by atoms with van der Waals surface area (Å²) < 4.78 is 12.0. The summed E-state index contributed by atoms with van der Waals surface area (Å²) in [6, 6.07) is 6.93. The second kappa shape index (κ2) is 10.3. The van der Waals surface area contributed by atoms with Crippen LogP contribution in [-0.2, 0) is 4.79 Å². The smallest absolute Gasteiger partial charge is 0.407 e. The first-order valence-corrected chi connectivity index (χ1v) is 12.1. The molecule has 2 aliphatic heterocycles. The first-order valence-electron chi connectivity index (χ1n) is 11.2. The second-order valence-electron chi connectivity index (χ2n) is 8.52. The molecule has 0 atom stereocenters. The van der Waals surface area contributed by atoms with Gasteiger partial charge in [-0.15, -0.1) is 0 Å². The summed E-state index contributed by atoms with van der Waals surface area (Å²) in [5.74, 6) is 0.922. The van der Waals surface area contributed by atoms with E-state index in [0.717, 1.165) is 11.8 Å². The average molecular weight is 499 g/mol. The maximum atomic E-state index is 12.6. The summed E-state index contributed by atoms with van der Waals surface area (Å²) in [5.41, 5.74) is 1.33. The van der Waals surface area contributed by atoms with E-state index >= 15 is 0 Å². The van der Waals surface area contributed by atoms with Crippen molar-refractivity contribution in [1.82, 2.24) is 19.8 Å². The number of carbonyl (C=O) groups excluding carboxylic acids is 2. The number of piperidine rings is 1. The van der Waals surface area contributed by atoms with Crippen LogP contribution >= 0.6 is 11.8 Å². The standard InChI is InChI=1S/C24H26N4O6S/c1-14(2)28-22(29)19(35-24(28)32)12-16-5-4-6-18(11-16)34-21-15(3)20(25-13-26-21)33-17-7-9-27(10-8-17)23(30)31/h4-6,11-14,17H,7-10H2,1-3H3,(H,30,31). The molecular formula is C24H26N4O6S. The molecule has 2 saturated heterocycles. The lowest BCUT2D eigenvalue weighted by Gasteiger charge is -2.30. The van der Waals surface area contributed by atoms with Crippen molar-refractivity contribution >= 4 is 35.1 Å². The number of carbonyl (C=O) groups is 3. The van der Waals surface area contributed by atoms with E-state index < -0.39 is 6.09 Å². The number of hydrogen-bond acceptors (Lipinski definition) is 8. The summed E-state index contributed by atoms with van der Waals surface area (Å²) in [5, 5.41) is 8.83. The summed E-state index contributed by atoms with van der Waals surface area (Å²) >= 11 is 0.922. The number of amides is 3. The van der Waals surface area contributed by atoms with Crippen molar-refractivity contribution < 1.29 is 29.0 Å². The van der Waals surface area contributed by atoms with Crippen molar-refractivity contribution in [2.75, 3.05) is 13.1 Å². The molecule has 0 radical (unpaired) electrons. The highest BCUT2D eigenvalue weighted by atomic mass is 32.2. The lowest BCUT2D eigenvalue weighted by Crippen LogP contribution is -2.41. The van der Waals surface area contributed by atoms with E-state index in [-0.39, 0.29) is 23.3 Å². The van der Waals surface area contributed by atoms with Gasteiger partial charge in [-0.3, -0.25) is 14.5 Å². The fourth-order valence-corrected chi connectivity index (χ4v) is 4.78. The quantitative estimate of drug-likeness (QED) is 0.572. The van der Waals surface area contributed by atoms with Gasteiger partial charge in [0.2, 0.25) is 11.8 Å². The number of likely N-dealkylation sites (tertiary alicyclic amines) is 1. The molecule has 3 amide bonds. The highest BCUT2D eigenvalue weighted by Gasteiger charge is 2.36. The summed E-state index contributed by atoms with van der Waals surface area (Å²) in [4.78, 5) is 47.2. The van der Waals surface area contributed by atoms with Gasteiger partial charge in [0.1, 0.15) is 18.2 Å². The molecule has 0 spiro atoms. The summed E-state index contributed by atoms with van der Waals surface area (Å²) in [7, 11) is 0. The van der Waals surface area contributed by atoms with Crippen LogP contribution in [-0.4, -0.2) is 67.3 Å². The molecule has 184 valence electrons. The van der Waals surface area contributed by atoms with Crippen molar-refractivity contribution in [2.45, 2.75) is 45.8 Å². The Morgan fingerprint density at radius 1 is 1.20 bits per heavy atom. The van der Waals surface area contributed by atoms with Gasteiger partial charge in [0.05, 0.1) is 10.5 Å². The largest absolute Gasteiger partial charge is 0.474 e. The van der Waals surface area contributed by atoms with Gasteiger partial charge < -0.3 is 19.5 Å². The predicted molar refractivity (Wildman–Crippen MR) is 129 cm³/mol. The summed E-state index contributed by atoms with van der Waals surface area (Å²) in [6.07, 6.45) is 3.12. The average Bonchev–Trinajstić information content (AvgIpc) is 3.10. The maximum absolute atomic E-state index is 12.6. The van der Waals surface area contributed by atoms with Gasteiger partial charge in [0.15, 0.2) is 0 Å². The molecule has 10 nitrogen and oxygen atoms in total. The normalized spacial score (nSPS) is 18.0. The van der Waals surface area contributed by atoms with Crippen LogP contribution in [0.5, 0.6) is 17.5 Å². The molecule has 0 unspecified atom stereocenters. The molecule has 2 aliphatic rings.